The lowest BCUT2D eigenvalue weighted by Gasteiger charge is -2.22. The summed E-state index contributed by atoms with van der Waals surface area (Å²) < 4.78 is 112. The van der Waals surface area contributed by atoms with Crippen LogP contribution in [0, 0.1) is 11.2 Å². The summed E-state index contributed by atoms with van der Waals surface area (Å²) in [6.07, 6.45) is -8.85. The molecule has 3 atom stereocenters. The molecule has 11 heteroatoms. The average Bonchev–Trinajstić information content (AvgIpc) is 3.04. The Balaban J connectivity index is 2.33. The first-order chi connectivity index (χ1) is 16.4. The van der Waals surface area contributed by atoms with Crippen molar-refractivity contribution in [2.75, 3.05) is 0 Å². The van der Waals surface area contributed by atoms with Crippen molar-refractivity contribution in [3.63, 3.8) is 0 Å². The minimum absolute atomic E-state index is 0.0673. The summed E-state index contributed by atoms with van der Waals surface area (Å²) in [6.45, 7) is 7.10. The number of nitrogens with zero attached hydrogens (tertiary/aromatic N) is 1. The maximum atomic E-state index is 15.3. The summed E-state index contributed by atoms with van der Waals surface area (Å²) in [7, 11) is -2.01. The molecular formula is C25H27F7N2OS. The van der Waals surface area contributed by atoms with E-state index in [4.69, 9.17) is 5.14 Å². The first-order valence-corrected chi connectivity index (χ1v) is 12.4. The van der Waals surface area contributed by atoms with Crippen molar-refractivity contribution in [3.8, 4) is 11.1 Å². The molecule has 198 valence electrons. The first-order valence-electron chi connectivity index (χ1n) is 11.1. The van der Waals surface area contributed by atoms with Crippen molar-refractivity contribution in [1.82, 2.24) is 4.57 Å². The topological polar surface area (TPSA) is 48.0 Å². The van der Waals surface area contributed by atoms with Crippen LogP contribution in [0.4, 0.5) is 30.7 Å². The Morgan fingerprint density at radius 1 is 1.00 bits per heavy atom. The van der Waals surface area contributed by atoms with Gasteiger partial charge in [0.15, 0.2) is 0 Å². The molecule has 0 aliphatic carbocycles. The number of hydrogen-bond donors (Lipinski definition) is 1. The third-order valence-corrected chi connectivity index (χ3v) is 6.89. The van der Waals surface area contributed by atoms with Crippen LogP contribution in [0.1, 0.15) is 51.2 Å². The van der Waals surface area contributed by atoms with E-state index >= 15 is 4.39 Å². The van der Waals surface area contributed by atoms with Gasteiger partial charge in [-0.15, -0.1) is 0 Å². The lowest BCUT2D eigenvalue weighted by Crippen LogP contribution is -2.28. The lowest BCUT2D eigenvalue weighted by atomic mass is 9.91. The molecule has 0 fully saturated rings. The smallest absolute Gasteiger partial charge is 0.347 e. The third kappa shape index (κ3) is 6.11. The van der Waals surface area contributed by atoms with E-state index in [1.165, 1.54) is 35.9 Å². The Hall–Kier alpha value is -2.40. The van der Waals surface area contributed by atoms with Crippen molar-refractivity contribution >= 4 is 21.9 Å². The van der Waals surface area contributed by atoms with Gasteiger partial charge in [0.2, 0.25) is 0 Å². The van der Waals surface area contributed by atoms with Crippen LogP contribution in [0.3, 0.4) is 0 Å². The number of hydrogen-bond acceptors (Lipinski definition) is 1. The molecule has 0 radical (unpaired) electrons. The second kappa shape index (κ2) is 9.81. The highest BCUT2D eigenvalue weighted by molar-refractivity contribution is 7.83. The zero-order valence-electron chi connectivity index (χ0n) is 20.1. The van der Waals surface area contributed by atoms with Gasteiger partial charge in [-0.1, -0.05) is 39.0 Å². The second-order valence-electron chi connectivity index (χ2n) is 10.1. The molecule has 3 nitrogen and oxygen atoms in total. The number of halogens is 7. The number of fused-ring (bicyclic) bond motifs is 1. The molecule has 3 aromatic rings. The fourth-order valence-corrected chi connectivity index (χ4v) is 4.67. The number of rotatable bonds is 6. The van der Waals surface area contributed by atoms with E-state index in [-0.39, 0.29) is 28.6 Å². The van der Waals surface area contributed by atoms with Gasteiger partial charge in [0.25, 0.3) is 0 Å². The van der Waals surface area contributed by atoms with E-state index in [1.54, 1.807) is 0 Å². The maximum absolute atomic E-state index is 15.3. The monoisotopic (exact) mass is 536 g/mol. The van der Waals surface area contributed by atoms with Crippen molar-refractivity contribution in [2.24, 2.45) is 10.6 Å². The van der Waals surface area contributed by atoms with Gasteiger partial charge in [-0.25, -0.2) is 8.60 Å². The summed E-state index contributed by atoms with van der Waals surface area (Å²) in [5.74, 6) is -3.18. The summed E-state index contributed by atoms with van der Waals surface area (Å²) in [4.78, 5) is 0. The van der Waals surface area contributed by atoms with Crippen LogP contribution in [0.25, 0.3) is 22.0 Å². The average molecular weight is 537 g/mol. The fraction of sp³-hybridized carbons (Fsp3) is 0.440. The van der Waals surface area contributed by atoms with Crippen molar-refractivity contribution in [3.05, 3.63) is 59.5 Å². The SMILES string of the molecule is CC(C[C@@H](c1cn(CC(C)(C)C)c2cc(-c3ccccc3C(F)(F)F)c(F)cc12)C(F)(F)F)S(N)=O. The van der Waals surface area contributed by atoms with Gasteiger partial charge >= 0.3 is 12.4 Å². The maximum Gasteiger partial charge on any atom is 0.417 e. The summed E-state index contributed by atoms with van der Waals surface area (Å²) >= 11 is 0. The van der Waals surface area contributed by atoms with Gasteiger partial charge in [-0.05, 0) is 48.1 Å². The van der Waals surface area contributed by atoms with E-state index in [9.17, 15) is 30.6 Å². The molecular weight excluding hydrogens is 509 g/mol. The highest BCUT2D eigenvalue weighted by Crippen LogP contribution is 2.45. The van der Waals surface area contributed by atoms with Crippen LogP contribution < -0.4 is 5.14 Å². The van der Waals surface area contributed by atoms with Crippen LogP contribution in [-0.2, 0) is 23.7 Å². The van der Waals surface area contributed by atoms with Gasteiger partial charge in [-0.3, -0.25) is 5.14 Å². The first kappa shape index (κ1) is 28.2. The van der Waals surface area contributed by atoms with E-state index in [0.29, 0.717) is 0 Å². The minimum Gasteiger partial charge on any atom is -0.347 e. The Bertz CT molecular complexity index is 1270. The normalized spacial score (nSPS) is 15.8. The second-order valence-corrected chi connectivity index (χ2v) is 11.6. The third-order valence-electron chi connectivity index (χ3n) is 5.90. The van der Waals surface area contributed by atoms with Crippen LogP contribution in [0.5, 0.6) is 0 Å². The summed E-state index contributed by atoms with van der Waals surface area (Å²) in [5.41, 5.74) is -2.31. The molecule has 1 aromatic heterocycles. The molecule has 0 aliphatic heterocycles. The number of nitrogens with two attached hydrogens (primary N) is 1. The van der Waals surface area contributed by atoms with Crippen molar-refractivity contribution in [2.45, 2.75) is 64.2 Å². The van der Waals surface area contributed by atoms with E-state index < -0.39 is 63.3 Å². The molecule has 0 aliphatic rings. The summed E-state index contributed by atoms with van der Waals surface area (Å²) in [6, 6.07) is 6.49. The Kier molecular flexibility index (Phi) is 7.68. The van der Waals surface area contributed by atoms with Gasteiger partial charge < -0.3 is 4.57 Å². The zero-order valence-corrected chi connectivity index (χ0v) is 20.9. The quantitative estimate of drug-likeness (QED) is 0.325. The van der Waals surface area contributed by atoms with Gasteiger partial charge in [0.05, 0.1) is 22.5 Å². The zero-order chi connectivity index (χ0) is 27.2. The van der Waals surface area contributed by atoms with E-state index in [0.717, 1.165) is 18.2 Å². The number of aromatic nitrogens is 1. The molecule has 0 bridgehead atoms. The number of alkyl halides is 6. The fourth-order valence-electron chi connectivity index (χ4n) is 4.29. The Labute approximate surface area is 207 Å². The molecule has 2 N–H and O–H groups in total. The molecule has 0 spiro atoms. The predicted molar refractivity (Wildman–Crippen MR) is 127 cm³/mol. The van der Waals surface area contributed by atoms with Crippen LogP contribution in [0.15, 0.2) is 42.6 Å². The molecule has 0 saturated carbocycles. The van der Waals surface area contributed by atoms with Gasteiger partial charge in [0, 0.05) is 34.5 Å². The Morgan fingerprint density at radius 2 is 1.61 bits per heavy atom. The molecule has 36 heavy (non-hydrogen) atoms. The van der Waals surface area contributed by atoms with Gasteiger partial charge in [0.1, 0.15) is 5.82 Å². The van der Waals surface area contributed by atoms with Gasteiger partial charge in [-0.2, -0.15) is 26.3 Å². The number of benzene rings is 2. The molecule has 1 heterocycles. The van der Waals surface area contributed by atoms with Crippen molar-refractivity contribution in [1.29, 1.82) is 0 Å². The van der Waals surface area contributed by atoms with Crippen molar-refractivity contribution < 1.29 is 34.9 Å². The largest absolute Gasteiger partial charge is 0.417 e. The molecule has 0 amide bonds. The standard InChI is InChI=1S/C25H27F7N2OS/c1-14(36(33)35)9-20(25(30,31)32)18-12-34(13-23(2,3)4)22-11-16(21(26)10-17(18)22)15-7-5-6-8-19(15)24(27,28)29/h5-8,10-12,14,20H,9,13,33H2,1-4H3/t14?,20-,36?/m0/s1. The summed E-state index contributed by atoms with van der Waals surface area (Å²) in [5, 5.41) is 4.25. The lowest BCUT2D eigenvalue weighted by molar-refractivity contribution is -0.151. The van der Waals surface area contributed by atoms with Crippen LogP contribution in [0.2, 0.25) is 0 Å². The highest BCUT2D eigenvalue weighted by atomic mass is 32.2. The molecule has 3 rings (SSSR count). The van der Waals surface area contributed by atoms with E-state index in [2.05, 4.69) is 0 Å². The van der Waals surface area contributed by atoms with Crippen LogP contribution >= 0.6 is 0 Å². The Morgan fingerprint density at radius 3 is 2.14 bits per heavy atom. The van der Waals surface area contributed by atoms with E-state index in [1.807, 2.05) is 20.8 Å². The highest BCUT2D eigenvalue weighted by Gasteiger charge is 2.43. The minimum atomic E-state index is -4.76. The molecule has 2 unspecified atom stereocenters. The van der Waals surface area contributed by atoms with Crippen LogP contribution in [-0.4, -0.2) is 20.2 Å². The molecule has 2 aromatic carbocycles. The molecule has 0 saturated heterocycles. The predicted octanol–water partition coefficient (Wildman–Crippen LogP) is 7.56.